The van der Waals surface area contributed by atoms with E-state index in [1.54, 1.807) is 14.2 Å². The van der Waals surface area contributed by atoms with Crippen molar-refractivity contribution < 1.29 is 14.6 Å². The van der Waals surface area contributed by atoms with Crippen LogP contribution in [-0.4, -0.2) is 25.4 Å². The fourth-order valence-corrected chi connectivity index (χ4v) is 3.15. The van der Waals surface area contributed by atoms with E-state index in [0.717, 1.165) is 18.4 Å². The first-order chi connectivity index (χ1) is 9.69. The molecule has 0 unspecified atom stereocenters. The number of ether oxygens (including phenoxy) is 2. The van der Waals surface area contributed by atoms with Crippen molar-refractivity contribution in [1.82, 2.24) is 0 Å². The Labute approximate surface area is 120 Å². The molecule has 2 atom stereocenters. The summed E-state index contributed by atoms with van der Waals surface area (Å²) >= 11 is 0. The molecule has 0 radical (unpaired) electrons. The number of aliphatic hydroxyl groups is 1. The second-order valence-electron chi connectivity index (χ2n) is 5.49. The van der Waals surface area contributed by atoms with E-state index in [4.69, 9.17) is 15.2 Å². The zero-order valence-corrected chi connectivity index (χ0v) is 12.3. The Balaban J connectivity index is 2.24. The van der Waals surface area contributed by atoms with Crippen molar-refractivity contribution >= 4 is 0 Å². The Hall–Kier alpha value is -1.26. The van der Waals surface area contributed by atoms with Crippen LogP contribution in [0.15, 0.2) is 18.2 Å². The summed E-state index contributed by atoms with van der Waals surface area (Å²) in [5, 5.41) is 10.6. The molecule has 1 saturated carbocycles. The molecule has 1 aliphatic carbocycles. The van der Waals surface area contributed by atoms with Gasteiger partial charge >= 0.3 is 0 Å². The Morgan fingerprint density at radius 2 is 1.65 bits per heavy atom. The van der Waals surface area contributed by atoms with Crippen LogP contribution in [0.4, 0.5) is 0 Å². The summed E-state index contributed by atoms with van der Waals surface area (Å²) in [7, 11) is 3.22. The zero-order valence-electron chi connectivity index (χ0n) is 12.3. The van der Waals surface area contributed by atoms with E-state index >= 15 is 0 Å². The van der Waals surface area contributed by atoms with E-state index in [0.29, 0.717) is 11.5 Å². The molecule has 0 amide bonds. The average Bonchev–Trinajstić information content (AvgIpc) is 2.53. The summed E-state index contributed by atoms with van der Waals surface area (Å²) < 4.78 is 10.8. The molecule has 0 heterocycles. The summed E-state index contributed by atoms with van der Waals surface area (Å²) in [6, 6.07) is 5.08. The Bertz CT molecular complexity index is 407. The van der Waals surface area contributed by atoms with Crippen molar-refractivity contribution in [1.29, 1.82) is 0 Å². The molecular formula is C16H25NO3. The SMILES string of the molecule is COc1cccc(OC)c1[C@H](N)[C@H](O)C1CCCCC1. The van der Waals surface area contributed by atoms with Crippen LogP contribution in [0, 0.1) is 5.92 Å². The molecule has 0 bridgehead atoms. The van der Waals surface area contributed by atoms with Crippen LogP contribution < -0.4 is 15.2 Å². The third-order valence-corrected chi connectivity index (χ3v) is 4.30. The molecule has 2 rings (SSSR count). The number of hydrogen-bond donors (Lipinski definition) is 2. The molecule has 1 fully saturated rings. The topological polar surface area (TPSA) is 64.7 Å². The van der Waals surface area contributed by atoms with Crippen LogP contribution in [0.1, 0.15) is 43.7 Å². The highest BCUT2D eigenvalue weighted by Crippen LogP contribution is 2.38. The maximum absolute atomic E-state index is 10.6. The number of benzene rings is 1. The predicted octanol–water partition coefficient (Wildman–Crippen LogP) is 2.64. The Morgan fingerprint density at radius 1 is 1.10 bits per heavy atom. The number of methoxy groups -OCH3 is 2. The highest BCUT2D eigenvalue weighted by molar-refractivity contribution is 5.47. The molecule has 1 aromatic carbocycles. The number of rotatable bonds is 5. The minimum Gasteiger partial charge on any atom is -0.496 e. The van der Waals surface area contributed by atoms with Crippen molar-refractivity contribution in [3.05, 3.63) is 23.8 Å². The minimum absolute atomic E-state index is 0.272. The van der Waals surface area contributed by atoms with Crippen molar-refractivity contribution in [2.24, 2.45) is 11.7 Å². The fraction of sp³-hybridized carbons (Fsp3) is 0.625. The quantitative estimate of drug-likeness (QED) is 0.869. The van der Waals surface area contributed by atoms with Crippen LogP contribution in [0.5, 0.6) is 11.5 Å². The molecule has 0 aromatic heterocycles. The maximum Gasteiger partial charge on any atom is 0.127 e. The van der Waals surface area contributed by atoms with Gasteiger partial charge in [0.05, 0.1) is 31.9 Å². The standard InChI is InChI=1S/C16H25NO3/c1-19-12-9-6-10-13(20-2)14(12)15(17)16(18)11-7-4-3-5-8-11/h6,9-11,15-16,18H,3-5,7-8,17H2,1-2H3/t15-,16+/m0/s1. The number of hydrogen-bond acceptors (Lipinski definition) is 4. The van der Waals surface area contributed by atoms with Gasteiger partial charge in [0.2, 0.25) is 0 Å². The Morgan fingerprint density at radius 3 is 2.15 bits per heavy atom. The van der Waals surface area contributed by atoms with E-state index in [9.17, 15) is 5.11 Å². The lowest BCUT2D eigenvalue weighted by molar-refractivity contribution is 0.0603. The maximum atomic E-state index is 10.6. The fourth-order valence-electron chi connectivity index (χ4n) is 3.15. The van der Waals surface area contributed by atoms with Crippen LogP contribution >= 0.6 is 0 Å². The van der Waals surface area contributed by atoms with E-state index in [-0.39, 0.29) is 5.92 Å². The first kappa shape index (κ1) is 15.1. The van der Waals surface area contributed by atoms with Gasteiger partial charge in [-0.1, -0.05) is 25.3 Å². The van der Waals surface area contributed by atoms with Crippen LogP contribution in [0.3, 0.4) is 0 Å². The minimum atomic E-state index is -0.555. The zero-order chi connectivity index (χ0) is 14.5. The number of nitrogens with two attached hydrogens (primary N) is 1. The lowest BCUT2D eigenvalue weighted by atomic mass is 9.81. The third-order valence-electron chi connectivity index (χ3n) is 4.30. The molecule has 0 saturated heterocycles. The van der Waals surface area contributed by atoms with E-state index < -0.39 is 12.1 Å². The third kappa shape index (κ3) is 3.07. The molecule has 20 heavy (non-hydrogen) atoms. The highest BCUT2D eigenvalue weighted by Gasteiger charge is 2.31. The van der Waals surface area contributed by atoms with Crippen molar-refractivity contribution in [3.8, 4) is 11.5 Å². The first-order valence-electron chi connectivity index (χ1n) is 7.33. The van der Waals surface area contributed by atoms with Gasteiger partial charge in [-0.15, -0.1) is 0 Å². The van der Waals surface area contributed by atoms with Gasteiger partial charge in [-0.2, -0.15) is 0 Å². The molecule has 3 N–H and O–H groups in total. The Kier molecular flexibility index (Phi) is 5.26. The summed E-state index contributed by atoms with van der Waals surface area (Å²) in [4.78, 5) is 0. The van der Waals surface area contributed by atoms with Gasteiger partial charge in [0.15, 0.2) is 0 Å². The van der Waals surface area contributed by atoms with Gasteiger partial charge < -0.3 is 20.3 Å². The van der Waals surface area contributed by atoms with Gasteiger partial charge in [-0.25, -0.2) is 0 Å². The molecule has 112 valence electrons. The second kappa shape index (κ2) is 6.95. The van der Waals surface area contributed by atoms with Gasteiger partial charge in [-0.05, 0) is 30.9 Å². The summed E-state index contributed by atoms with van der Waals surface area (Å²) in [5.74, 6) is 1.62. The van der Waals surface area contributed by atoms with Crippen molar-refractivity contribution in [2.75, 3.05) is 14.2 Å². The van der Waals surface area contributed by atoms with E-state index in [2.05, 4.69) is 0 Å². The molecule has 0 spiro atoms. The smallest absolute Gasteiger partial charge is 0.127 e. The van der Waals surface area contributed by atoms with Gasteiger partial charge in [0.1, 0.15) is 11.5 Å². The molecule has 1 aliphatic rings. The molecule has 4 heteroatoms. The van der Waals surface area contributed by atoms with E-state index in [1.807, 2.05) is 18.2 Å². The van der Waals surface area contributed by atoms with Crippen LogP contribution in [-0.2, 0) is 0 Å². The summed E-state index contributed by atoms with van der Waals surface area (Å²) in [6.45, 7) is 0. The van der Waals surface area contributed by atoms with Crippen molar-refractivity contribution in [3.63, 3.8) is 0 Å². The summed E-state index contributed by atoms with van der Waals surface area (Å²) in [6.07, 6.45) is 5.16. The molecule has 0 aliphatic heterocycles. The normalized spacial score (nSPS) is 19.4. The lowest BCUT2D eigenvalue weighted by Crippen LogP contribution is -2.34. The van der Waals surface area contributed by atoms with E-state index in [1.165, 1.54) is 19.3 Å². The van der Waals surface area contributed by atoms with Crippen LogP contribution in [0.25, 0.3) is 0 Å². The van der Waals surface area contributed by atoms with Gasteiger partial charge in [-0.3, -0.25) is 0 Å². The second-order valence-corrected chi connectivity index (χ2v) is 5.49. The lowest BCUT2D eigenvalue weighted by Gasteiger charge is -2.31. The predicted molar refractivity (Wildman–Crippen MR) is 79.1 cm³/mol. The summed E-state index contributed by atoms with van der Waals surface area (Å²) in [5.41, 5.74) is 7.07. The molecule has 4 nitrogen and oxygen atoms in total. The number of aliphatic hydroxyl groups excluding tert-OH is 1. The van der Waals surface area contributed by atoms with Crippen molar-refractivity contribution in [2.45, 2.75) is 44.2 Å². The highest BCUT2D eigenvalue weighted by atomic mass is 16.5. The first-order valence-corrected chi connectivity index (χ1v) is 7.33. The molecular weight excluding hydrogens is 254 g/mol. The molecule has 1 aromatic rings. The average molecular weight is 279 g/mol. The van der Waals surface area contributed by atoms with Gasteiger partial charge in [0, 0.05) is 0 Å². The van der Waals surface area contributed by atoms with Gasteiger partial charge in [0.25, 0.3) is 0 Å². The monoisotopic (exact) mass is 279 g/mol. The largest absolute Gasteiger partial charge is 0.496 e. The van der Waals surface area contributed by atoms with Crippen LogP contribution in [0.2, 0.25) is 0 Å².